The first kappa shape index (κ1) is 14.7. The molecule has 1 saturated heterocycles. The smallest absolute Gasteiger partial charge is 0.0433 e. The Morgan fingerprint density at radius 3 is 2.29 bits per heavy atom. The van der Waals surface area contributed by atoms with Gasteiger partial charge in [-0.15, -0.1) is 0 Å². The third-order valence-corrected chi connectivity index (χ3v) is 3.86. The van der Waals surface area contributed by atoms with Crippen LogP contribution in [0.25, 0.3) is 0 Å². The average molecular weight is 238 g/mol. The van der Waals surface area contributed by atoms with Crippen molar-refractivity contribution >= 4 is 0 Å². The molecule has 0 saturated carbocycles. The van der Waals surface area contributed by atoms with E-state index >= 15 is 0 Å². The molecule has 1 atom stereocenters. The summed E-state index contributed by atoms with van der Waals surface area (Å²) in [5.41, 5.74) is 1.62. The zero-order chi connectivity index (χ0) is 12.9. The van der Waals surface area contributed by atoms with Crippen molar-refractivity contribution in [1.29, 1.82) is 0 Å². The number of nitrogens with one attached hydrogen (secondary N) is 1. The molecule has 1 rings (SSSR count). The van der Waals surface area contributed by atoms with Crippen LogP contribution < -0.4 is 5.32 Å². The Bertz CT molecular complexity index is 246. The lowest BCUT2D eigenvalue weighted by atomic mass is 9.89. The minimum absolute atomic E-state index is 0.216. The Morgan fingerprint density at radius 2 is 1.82 bits per heavy atom. The molecule has 2 nitrogen and oxygen atoms in total. The number of hydrogen-bond acceptors (Lipinski definition) is 2. The minimum Gasteiger partial charge on any atom is -0.309 e. The van der Waals surface area contributed by atoms with E-state index in [-0.39, 0.29) is 5.54 Å². The van der Waals surface area contributed by atoms with Crippen LogP contribution in [0.15, 0.2) is 11.6 Å². The van der Waals surface area contributed by atoms with Gasteiger partial charge in [0.25, 0.3) is 0 Å². The summed E-state index contributed by atoms with van der Waals surface area (Å²) in [5, 5.41) is 3.63. The van der Waals surface area contributed by atoms with Crippen molar-refractivity contribution in [3.05, 3.63) is 11.6 Å². The van der Waals surface area contributed by atoms with Crippen LogP contribution >= 0.6 is 0 Å². The van der Waals surface area contributed by atoms with E-state index in [9.17, 15) is 0 Å². The SMILES string of the molecule is CCNC(C=C(C)C)C(C)(C)N1CCCCC1. The largest absolute Gasteiger partial charge is 0.309 e. The maximum atomic E-state index is 3.63. The van der Waals surface area contributed by atoms with E-state index in [4.69, 9.17) is 0 Å². The van der Waals surface area contributed by atoms with Gasteiger partial charge < -0.3 is 5.32 Å². The van der Waals surface area contributed by atoms with Crippen LogP contribution in [-0.4, -0.2) is 36.1 Å². The molecule has 0 radical (unpaired) electrons. The van der Waals surface area contributed by atoms with Gasteiger partial charge in [0.15, 0.2) is 0 Å². The topological polar surface area (TPSA) is 15.3 Å². The van der Waals surface area contributed by atoms with Crippen LogP contribution in [0.2, 0.25) is 0 Å². The van der Waals surface area contributed by atoms with E-state index in [1.807, 2.05) is 0 Å². The van der Waals surface area contributed by atoms with Crippen LogP contribution in [0.5, 0.6) is 0 Å². The minimum atomic E-state index is 0.216. The Balaban J connectivity index is 2.77. The van der Waals surface area contributed by atoms with E-state index in [1.54, 1.807) is 0 Å². The normalized spacial score (nSPS) is 20.1. The maximum Gasteiger partial charge on any atom is 0.0433 e. The fraction of sp³-hybridized carbons (Fsp3) is 0.867. The molecule has 0 aromatic carbocycles. The van der Waals surface area contributed by atoms with Gasteiger partial charge in [0, 0.05) is 11.6 Å². The number of hydrogen-bond donors (Lipinski definition) is 1. The van der Waals surface area contributed by atoms with Crippen LogP contribution in [-0.2, 0) is 0 Å². The van der Waals surface area contributed by atoms with Gasteiger partial charge in [0.2, 0.25) is 0 Å². The van der Waals surface area contributed by atoms with Gasteiger partial charge in [-0.3, -0.25) is 4.90 Å². The quantitative estimate of drug-likeness (QED) is 0.740. The molecule has 1 heterocycles. The van der Waals surface area contributed by atoms with Crippen molar-refractivity contribution in [2.75, 3.05) is 19.6 Å². The molecule has 1 aliphatic heterocycles. The van der Waals surface area contributed by atoms with E-state index < -0.39 is 0 Å². The Labute approximate surface area is 107 Å². The molecule has 1 N–H and O–H groups in total. The molecule has 0 aliphatic carbocycles. The second-order valence-corrected chi connectivity index (χ2v) is 5.98. The zero-order valence-corrected chi connectivity index (χ0v) is 12.3. The lowest BCUT2D eigenvalue weighted by Gasteiger charge is -2.45. The predicted octanol–water partition coefficient (Wildman–Crippen LogP) is 3.20. The molecule has 1 aliphatic rings. The summed E-state index contributed by atoms with van der Waals surface area (Å²) in [7, 11) is 0. The van der Waals surface area contributed by atoms with Crippen LogP contribution in [0.4, 0.5) is 0 Å². The van der Waals surface area contributed by atoms with Crippen molar-refractivity contribution < 1.29 is 0 Å². The highest BCUT2D eigenvalue weighted by Crippen LogP contribution is 2.25. The highest BCUT2D eigenvalue weighted by molar-refractivity contribution is 5.10. The number of likely N-dealkylation sites (tertiary alicyclic amines) is 1. The molecule has 0 amide bonds. The van der Waals surface area contributed by atoms with E-state index in [0.29, 0.717) is 6.04 Å². The molecule has 2 heteroatoms. The van der Waals surface area contributed by atoms with Gasteiger partial charge >= 0.3 is 0 Å². The van der Waals surface area contributed by atoms with E-state index in [0.717, 1.165) is 6.54 Å². The molecular formula is C15H30N2. The number of piperidine rings is 1. The van der Waals surface area contributed by atoms with Crippen molar-refractivity contribution in [2.45, 2.75) is 65.5 Å². The van der Waals surface area contributed by atoms with Crippen molar-refractivity contribution in [1.82, 2.24) is 10.2 Å². The number of rotatable bonds is 5. The lowest BCUT2D eigenvalue weighted by molar-refractivity contribution is 0.0751. The second-order valence-electron chi connectivity index (χ2n) is 5.98. The zero-order valence-electron chi connectivity index (χ0n) is 12.3. The molecule has 1 fully saturated rings. The summed E-state index contributed by atoms with van der Waals surface area (Å²) in [4.78, 5) is 2.66. The summed E-state index contributed by atoms with van der Waals surface area (Å²) in [5.74, 6) is 0. The molecule has 1 unspecified atom stereocenters. The number of allylic oxidation sites excluding steroid dienone is 1. The molecule has 17 heavy (non-hydrogen) atoms. The first-order valence-corrected chi connectivity index (χ1v) is 7.12. The number of nitrogens with zero attached hydrogens (tertiary/aromatic N) is 1. The van der Waals surface area contributed by atoms with Gasteiger partial charge in [0.1, 0.15) is 0 Å². The number of likely N-dealkylation sites (N-methyl/N-ethyl adjacent to an activating group) is 1. The average Bonchev–Trinajstić information content (AvgIpc) is 2.29. The molecule has 0 aromatic rings. The summed E-state index contributed by atoms with van der Waals surface area (Å²) in [6, 6.07) is 0.454. The molecular weight excluding hydrogens is 208 g/mol. The summed E-state index contributed by atoms with van der Waals surface area (Å²) < 4.78 is 0. The fourth-order valence-corrected chi connectivity index (χ4v) is 2.73. The van der Waals surface area contributed by atoms with Crippen LogP contribution in [0, 0.1) is 0 Å². The van der Waals surface area contributed by atoms with E-state index in [1.165, 1.54) is 37.9 Å². The van der Waals surface area contributed by atoms with Gasteiger partial charge in [-0.05, 0) is 60.2 Å². The second kappa shape index (κ2) is 6.55. The Morgan fingerprint density at radius 1 is 1.24 bits per heavy atom. The lowest BCUT2D eigenvalue weighted by Crippen LogP contribution is -2.58. The maximum absolute atomic E-state index is 3.63. The molecule has 0 bridgehead atoms. The highest BCUT2D eigenvalue weighted by Gasteiger charge is 2.34. The summed E-state index contributed by atoms with van der Waals surface area (Å²) in [6.45, 7) is 14.9. The van der Waals surface area contributed by atoms with Crippen LogP contribution in [0.3, 0.4) is 0 Å². The van der Waals surface area contributed by atoms with Gasteiger partial charge in [-0.1, -0.05) is 25.0 Å². The van der Waals surface area contributed by atoms with Crippen molar-refractivity contribution in [3.63, 3.8) is 0 Å². The molecule has 100 valence electrons. The third-order valence-electron chi connectivity index (χ3n) is 3.86. The first-order chi connectivity index (χ1) is 7.98. The summed E-state index contributed by atoms with van der Waals surface area (Å²) >= 11 is 0. The predicted molar refractivity (Wildman–Crippen MR) is 76.4 cm³/mol. The van der Waals surface area contributed by atoms with Gasteiger partial charge in [-0.2, -0.15) is 0 Å². The third kappa shape index (κ3) is 4.11. The van der Waals surface area contributed by atoms with Crippen molar-refractivity contribution in [2.24, 2.45) is 0 Å². The standard InChI is InChI=1S/C15H30N2/c1-6-16-14(12-13(2)3)15(4,5)17-10-8-7-9-11-17/h12,14,16H,6-11H2,1-5H3. The highest BCUT2D eigenvalue weighted by atomic mass is 15.2. The van der Waals surface area contributed by atoms with E-state index in [2.05, 4.69) is 50.9 Å². The fourth-order valence-electron chi connectivity index (χ4n) is 2.73. The Hall–Kier alpha value is -0.340. The summed E-state index contributed by atoms with van der Waals surface area (Å²) in [6.07, 6.45) is 6.51. The Kier molecular flexibility index (Phi) is 5.68. The first-order valence-electron chi connectivity index (χ1n) is 7.12. The van der Waals surface area contributed by atoms with Crippen LogP contribution in [0.1, 0.15) is 53.9 Å². The van der Waals surface area contributed by atoms with Gasteiger partial charge in [-0.25, -0.2) is 0 Å². The molecule has 0 aromatic heterocycles. The molecule has 0 spiro atoms. The monoisotopic (exact) mass is 238 g/mol. The van der Waals surface area contributed by atoms with Gasteiger partial charge in [0.05, 0.1) is 0 Å². The van der Waals surface area contributed by atoms with Crippen molar-refractivity contribution in [3.8, 4) is 0 Å².